The summed E-state index contributed by atoms with van der Waals surface area (Å²) in [5.41, 5.74) is 1.50. The third-order valence-corrected chi connectivity index (χ3v) is 27.4. The molecule has 3 aromatic rings. The summed E-state index contributed by atoms with van der Waals surface area (Å²) >= 11 is 0. The molecule has 548 valence electrons. The van der Waals surface area contributed by atoms with Crippen molar-refractivity contribution in [3.05, 3.63) is 115 Å². The second-order valence-corrected chi connectivity index (χ2v) is 38.1. The number of nitrogens with zero attached hydrogens (tertiary/aromatic N) is 6. The lowest BCUT2D eigenvalue weighted by Gasteiger charge is -2.34. The number of hydrogen-bond acceptors (Lipinski definition) is 17. The van der Waals surface area contributed by atoms with Gasteiger partial charge >= 0.3 is 17.9 Å². The molecule has 2 aliphatic heterocycles. The quantitative estimate of drug-likeness (QED) is 0.0133. The van der Waals surface area contributed by atoms with E-state index >= 15 is 0 Å². The maximum atomic E-state index is 14.5. The zero-order chi connectivity index (χ0) is 72.6. The van der Waals surface area contributed by atoms with Crippen molar-refractivity contribution in [2.24, 2.45) is 52.8 Å². The number of aliphatic hydroxyl groups is 1. The summed E-state index contributed by atoms with van der Waals surface area (Å²) in [6, 6.07) is 21.2. The van der Waals surface area contributed by atoms with Crippen LogP contribution in [0.2, 0.25) is 38.3 Å². The molecule has 4 fully saturated rings. The van der Waals surface area contributed by atoms with Crippen LogP contribution in [0.3, 0.4) is 0 Å². The normalized spacial score (nSPS) is 21.4. The first-order chi connectivity index (χ1) is 47.8. The van der Waals surface area contributed by atoms with Gasteiger partial charge in [-0.1, -0.05) is 129 Å². The Labute approximate surface area is 594 Å². The average molecular weight is 1420 g/mol. The number of esters is 3. The number of allylic oxidation sites excluding steroid dienone is 4. The van der Waals surface area contributed by atoms with Crippen LogP contribution in [0.4, 0.5) is 0 Å². The fraction of sp³-hybridized carbons (Fsp3) is 0.618. The molecule has 0 bridgehead atoms. The van der Waals surface area contributed by atoms with E-state index in [4.69, 9.17) is 23.1 Å². The van der Waals surface area contributed by atoms with Crippen molar-refractivity contribution in [2.45, 2.75) is 188 Å². The molecule has 2 N–H and O–H groups in total. The van der Waals surface area contributed by atoms with E-state index in [0.29, 0.717) is 70.2 Å². The van der Waals surface area contributed by atoms with E-state index in [0.717, 1.165) is 23.6 Å². The molecule has 24 heteroatoms. The van der Waals surface area contributed by atoms with Crippen LogP contribution in [-0.2, 0) is 72.8 Å². The molecule has 1 aromatic heterocycles. The molecule has 10 atom stereocenters. The predicted molar refractivity (Wildman–Crippen MR) is 385 cm³/mol. The lowest BCUT2D eigenvalue weighted by Crippen LogP contribution is -2.44. The Morgan fingerprint density at radius 1 is 0.690 bits per heavy atom. The zero-order valence-electron chi connectivity index (χ0n) is 60.7. The number of carbonyl (C=O) groups is 9. The van der Waals surface area contributed by atoms with Crippen LogP contribution < -0.4 is 5.32 Å². The van der Waals surface area contributed by atoms with Crippen LogP contribution in [0.25, 0.3) is 6.08 Å². The van der Waals surface area contributed by atoms with Crippen molar-refractivity contribution in [3.8, 4) is 0 Å². The Bertz CT molecular complexity index is 3280. The monoisotopic (exact) mass is 1420 g/mol. The maximum absolute atomic E-state index is 14.5. The van der Waals surface area contributed by atoms with Crippen LogP contribution in [0.5, 0.6) is 0 Å². The zero-order valence-corrected chi connectivity index (χ0v) is 62.7. The number of fused-ring (bicyclic) bond motifs is 2. The van der Waals surface area contributed by atoms with Crippen LogP contribution in [0.1, 0.15) is 154 Å². The molecule has 100 heavy (non-hydrogen) atoms. The second-order valence-electron chi connectivity index (χ2n) is 29.2. The number of hydrogen-bond donors (Lipinski definition) is 2. The molecular formula is C76H111N7O15Si2. The molecule has 2 saturated carbocycles. The summed E-state index contributed by atoms with van der Waals surface area (Å²) in [4.78, 5) is 127. The van der Waals surface area contributed by atoms with Gasteiger partial charge in [0.2, 0.25) is 35.4 Å². The van der Waals surface area contributed by atoms with Gasteiger partial charge in [-0.05, 0) is 152 Å². The number of likely N-dealkylation sites (tertiary alicyclic amines) is 2. The molecule has 4 aliphatic rings. The standard InChI is InChI=1S/C76H111N7O15Si2/c1-11-14-47-99(7,8)98-100(9,10)48-27-43-94-45-46-96-65(87)32-25-42-82-72(90)68-58(34-33-55-28-19-17-20-29-55)50-60(69(68)73(82)91)36-35-59-49-56(12-2)66-67(59)71(89)81(70(66)88)41-24-16-15-23-40-80(64(86)38-37-63(85)77-39-26-44-97-74(92)54(4)84)52-61-53-83(79-78-61)62(57-30-21-18-22-31-57)51-76(5,6)75(93)95-13-3/h12,17-22,28-31,33-36,53-54,56,58-60,62,66-69,84H,2,11,13-16,23-27,32,37-52H2,1,3-10H3,(H,77,85)/b34-33+,36-35-. The van der Waals surface area contributed by atoms with Gasteiger partial charge in [-0.2, -0.15) is 0 Å². The summed E-state index contributed by atoms with van der Waals surface area (Å²) in [6.07, 6.45) is 17.8. The van der Waals surface area contributed by atoms with E-state index in [-0.39, 0.29) is 143 Å². The molecule has 10 unspecified atom stereocenters. The molecule has 2 aromatic carbocycles. The van der Waals surface area contributed by atoms with Gasteiger partial charge in [-0.3, -0.25) is 48.2 Å². The third kappa shape index (κ3) is 23.1. The topological polar surface area (TPSA) is 272 Å². The summed E-state index contributed by atoms with van der Waals surface area (Å²) in [5, 5.41) is 21.1. The lowest BCUT2D eigenvalue weighted by molar-refractivity contribution is -0.154. The highest BCUT2D eigenvalue weighted by atomic mass is 28.4. The maximum Gasteiger partial charge on any atom is 0.334 e. The number of aliphatic hydroxyl groups excluding tert-OH is 1. The van der Waals surface area contributed by atoms with Gasteiger partial charge in [0.05, 0.1) is 67.7 Å². The fourth-order valence-electron chi connectivity index (χ4n) is 14.7. The van der Waals surface area contributed by atoms with E-state index in [2.05, 4.69) is 55.3 Å². The number of ether oxygens (including phenoxy) is 4. The number of rotatable bonds is 44. The first kappa shape index (κ1) is 80.1. The minimum Gasteiger partial charge on any atom is -0.466 e. The van der Waals surface area contributed by atoms with Crippen LogP contribution in [0.15, 0.2) is 97.7 Å². The minimum absolute atomic E-state index is 0.00996. The van der Waals surface area contributed by atoms with Gasteiger partial charge in [0.15, 0.2) is 16.6 Å². The molecule has 6 amide bonds. The SMILES string of the molecule is C=CC1CC(/C=C\C2CC(/C=C/c3ccccc3)C3C(=O)N(CCCC(=O)OCCOCCC[Si](C)(C)O[Si](C)(C)CCCC)C(=O)C23)C2C(=O)N(CCCCCCN(Cc3cn(C(CC(C)(C)C(=O)OCC)c4ccccc4)nn3)C(=O)CCC(=O)NCCCOC(=O)C(C)O)C(=O)C12. The summed E-state index contributed by atoms with van der Waals surface area (Å²) in [7, 11) is -3.51. The van der Waals surface area contributed by atoms with E-state index in [9.17, 15) is 48.3 Å². The molecule has 2 saturated heterocycles. The van der Waals surface area contributed by atoms with Gasteiger partial charge in [-0.25, -0.2) is 9.48 Å². The number of benzene rings is 2. The van der Waals surface area contributed by atoms with Crippen molar-refractivity contribution in [1.29, 1.82) is 0 Å². The van der Waals surface area contributed by atoms with Gasteiger partial charge in [0.1, 0.15) is 18.4 Å². The lowest BCUT2D eigenvalue weighted by atomic mass is 9.83. The fourth-order valence-corrected chi connectivity index (χ4v) is 23.7. The second kappa shape index (κ2) is 38.7. The van der Waals surface area contributed by atoms with Gasteiger partial charge in [0.25, 0.3) is 0 Å². The number of carbonyl (C=O) groups excluding carboxylic acids is 9. The van der Waals surface area contributed by atoms with Gasteiger partial charge in [0, 0.05) is 52.0 Å². The Hall–Kier alpha value is -7.26. The predicted octanol–water partition coefficient (Wildman–Crippen LogP) is 10.8. The highest BCUT2D eigenvalue weighted by Crippen LogP contribution is 2.52. The van der Waals surface area contributed by atoms with Gasteiger partial charge < -0.3 is 38.4 Å². The highest BCUT2D eigenvalue weighted by molar-refractivity contribution is 6.84. The van der Waals surface area contributed by atoms with Crippen molar-refractivity contribution in [2.75, 3.05) is 59.2 Å². The summed E-state index contributed by atoms with van der Waals surface area (Å²) in [5.74, 6) is -6.67. The Kier molecular flexibility index (Phi) is 31.0. The molecule has 7 rings (SSSR count). The van der Waals surface area contributed by atoms with E-state index < -0.39 is 69.8 Å². The van der Waals surface area contributed by atoms with Gasteiger partial charge in [-0.15, -0.1) is 11.7 Å². The average Bonchev–Trinajstić information content (AvgIpc) is 1.60. The number of nitrogens with one attached hydrogen (secondary N) is 1. The first-order valence-corrected chi connectivity index (χ1v) is 42.7. The van der Waals surface area contributed by atoms with Crippen LogP contribution in [0, 0.1) is 52.8 Å². The van der Waals surface area contributed by atoms with Crippen molar-refractivity contribution < 1.29 is 71.3 Å². The van der Waals surface area contributed by atoms with Crippen LogP contribution in [-0.4, -0.2) is 170 Å². The number of unbranched alkanes of at least 4 members (excludes halogenated alkanes) is 4. The number of imide groups is 2. The van der Waals surface area contributed by atoms with Crippen molar-refractivity contribution in [1.82, 2.24) is 35.0 Å². The number of amides is 6. The Balaban J connectivity index is 0.932. The first-order valence-electron chi connectivity index (χ1n) is 36.5. The van der Waals surface area contributed by atoms with E-state index in [1.54, 1.807) is 28.8 Å². The molecule has 0 spiro atoms. The highest BCUT2D eigenvalue weighted by Gasteiger charge is 2.59. The van der Waals surface area contributed by atoms with Crippen LogP contribution >= 0.6 is 0 Å². The largest absolute Gasteiger partial charge is 0.466 e. The summed E-state index contributed by atoms with van der Waals surface area (Å²) < 4.78 is 30.1. The Morgan fingerprint density at radius 3 is 1.90 bits per heavy atom. The third-order valence-electron chi connectivity index (χ3n) is 19.8. The van der Waals surface area contributed by atoms with E-state index in [1.165, 1.54) is 35.6 Å². The number of aromatic nitrogens is 3. The molecule has 3 heterocycles. The van der Waals surface area contributed by atoms with Crippen molar-refractivity contribution in [3.63, 3.8) is 0 Å². The van der Waals surface area contributed by atoms with Crippen molar-refractivity contribution >= 4 is 76.1 Å². The summed E-state index contributed by atoms with van der Waals surface area (Å²) in [6.45, 7) is 24.3. The smallest absolute Gasteiger partial charge is 0.334 e. The molecule has 0 radical (unpaired) electrons. The molecule has 2 aliphatic carbocycles. The van der Waals surface area contributed by atoms with E-state index in [1.807, 2.05) is 98.8 Å². The molecule has 22 nitrogen and oxygen atoms in total. The molecular weight excluding hydrogens is 1310 g/mol. The minimum atomic E-state index is -1.82. The Morgan fingerprint density at radius 2 is 1.28 bits per heavy atom.